The van der Waals surface area contributed by atoms with Crippen molar-refractivity contribution in [2.24, 2.45) is 0 Å². The molecule has 0 saturated carbocycles. The minimum atomic E-state index is -0.134. The normalized spacial score (nSPS) is 14.0. The van der Waals surface area contributed by atoms with Gasteiger partial charge in [0.1, 0.15) is 12.4 Å². The number of nitrogen functional groups attached to an aromatic ring is 1. The van der Waals surface area contributed by atoms with E-state index in [2.05, 4.69) is 6.58 Å². The molecule has 0 aliphatic carbocycles. The quantitative estimate of drug-likeness (QED) is 0.552. The summed E-state index contributed by atoms with van der Waals surface area (Å²) in [7, 11) is 0. The van der Waals surface area contributed by atoms with Crippen LogP contribution in [0.2, 0.25) is 0 Å². The maximum absolute atomic E-state index is 11.6. The average molecular weight is 204 g/mol. The van der Waals surface area contributed by atoms with Gasteiger partial charge in [-0.05, 0) is 24.3 Å². The molecular weight excluding hydrogens is 192 g/mol. The highest BCUT2D eigenvalue weighted by atomic mass is 16.5. The summed E-state index contributed by atoms with van der Waals surface area (Å²) < 4.78 is 5.42. The number of nitrogens with zero attached hydrogens (tertiary/aromatic N) is 1. The number of fused-ring (bicyclic) bond motifs is 1. The van der Waals surface area contributed by atoms with Crippen molar-refractivity contribution in [1.29, 1.82) is 0 Å². The van der Waals surface area contributed by atoms with Gasteiger partial charge in [-0.25, -0.2) is 0 Å². The Bertz CT molecular complexity index is 415. The SMILES string of the molecule is C=CC(=O)N1CCOc2ccc(N)cc21. The van der Waals surface area contributed by atoms with Crippen LogP contribution in [0.3, 0.4) is 0 Å². The van der Waals surface area contributed by atoms with Crippen LogP contribution in [0, 0.1) is 0 Å². The lowest BCUT2D eigenvalue weighted by Gasteiger charge is -2.28. The zero-order valence-electron chi connectivity index (χ0n) is 8.27. The van der Waals surface area contributed by atoms with Crippen molar-refractivity contribution < 1.29 is 9.53 Å². The Kier molecular flexibility index (Phi) is 2.33. The molecule has 0 saturated heterocycles. The molecule has 4 heteroatoms. The molecule has 0 atom stereocenters. The van der Waals surface area contributed by atoms with Crippen LogP contribution in [0.1, 0.15) is 0 Å². The Morgan fingerprint density at radius 3 is 3.13 bits per heavy atom. The first-order valence-electron chi connectivity index (χ1n) is 4.68. The number of carbonyl (C=O) groups is 1. The van der Waals surface area contributed by atoms with E-state index in [4.69, 9.17) is 10.5 Å². The van der Waals surface area contributed by atoms with Gasteiger partial charge in [-0.1, -0.05) is 6.58 Å². The lowest BCUT2D eigenvalue weighted by Crippen LogP contribution is -2.36. The number of ether oxygens (including phenoxy) is 1. The third-order valence-corrected chi connectivity index (χ3v) is 2.29. The second-order valence-electron chi connectivity index (χ2n) is 3.27. The molecule has 4 nitrogen and oxygen atoms in total. The van der Waals surface area contributed by atoms with Gasteiger partial charge in [0.2, 0.25) is 0 Å². The first-order chi connectivity index (χ1) is 7.22. The highest BCUT2D eigenvalue weighted by Gasteiger charge is 2.21. The zero-order valence-corrected chi connectivity index (χ0v) is 8.27. The summed E-state index contributed by atoms with van der Waals surface area (Å²) in [6.07, 6.45) is 1.29. The van der Waals surface area contributed by atoms with Gasteiger partial charge in [0, 0.05) is 5.69 Å². The molecule has 1 aliphatic rings. The average Bonchev–Trinajstić information content (AvgIpc) is 2.27. The van der Waals surface area contributed by atoms with Crippen LogP contribution in [0.25, 0.3) is 0 Å². The summed E-state index contributed by atoms with van der Waals surface area (Å²) in [4.78, 5) is 13.2. The Morgan fingerprint density at radius 2 is 2.40 bits per heavy atom. The molecule has 0 spiro atoms. The fourth-order valence-electron chi connectivity index (χ4n) is 1.57. The van der Waals surface area contributed by atoms with E-state index in [0.717, 1.165) is 0 Å². The van der Waals surface area contributed by atoms with Crippen molar-refractivity contribution in [3.05, 3.63) is 30.9 Å². The van der Waals surface area contributed by atoms with Crippen molar-refractivity contribution in [3.63, 3.8) is 0 Å². The van der Waals surface area contributed by atoms with E-state index in [-0.39, 0.29) is 5.91 Å². The zero-order chi connectivity index (χ0) is 10.8. The van der Waals surface area contributed by atoms with E-state index >= 15 is 0 Å². The number of rotatable bonds is 1. The van der Waals surface area contributed by atoms with E-state index < -0.39 is 0 Å². The van der Waals surface area contributed by atoms with Crippen molar-refractivity contribution in [2.75, 3.05) is 23.8 Å². The van der Waals surface area contributed by atoms with E-state index in [1.54, 1.807) is 23.1 Å². The van der Waals surface area contributed by atoms with Crippen molar-refractivity contribution in [2.45, 2.75) is 0 Å². The number of nitrogens with two attached hydrogens (primary N) is 1. The Balaban J connectivity index is 2.44. The molecule has 1 aromatic rings. The van der Waals surface area contributed by atoms with Gasteiger partial charge in [0.25, 0.3) is 5.91 Å². The minimum absolute atomic E-state index is 0.134. The second-order valence-corrected chi connectivity index (χ2v) is 3.27. The molecule has 2 rings (SSSR count). The predicted molar refractivity (Wildman–Crippen MR) is 58.9 cm³/mol. The van der Waals surface area contributed by atoms with Gasteiger partial charge in [0.15, 0.2) is 0 Å². The first kappa shape index (κ1) is 9.58. The maximum atomic E-state index is 11.6. The smallest absolute Gasteiger partial charge is 0.250 e. The molecule has 2 N–H and O–H groups in total. The fraction of sp³-hybridized carbons (Fsp3) is 0.182. The maximum Gasteiger partial charge on any atom is 0.250 e. The van der Waals surface area contributed by atoms with Crippen LogP contribution in [-0.4, -0.2) is 19.1 Å². The number of hydrogen-bond acceptors (Lipinski definition) is 3. The van der Waals surface area contributed by atoms with Gasteiger partial charge in [-0.2, -0.15) is 0 Å². The molecule has 1 heterocycles. The number of anilines is 2. The summed E-state index contributed by atoms with van der Waals surface area (Å²) in [5.74, 6) is 0.552. The summed E-state index contributed by atoms with van der Waals surface area (Å²) in [5, 5.41) is 0. The number of amides is 1. The molecule has 15 heavy (non-hydrogen) atoms. The molecule has 0 aromatic heterocycles. The lowest BCUT2D eigenvalue weighted by molar-refractivity contribution is -0.114. The first-order valence-corrected chi connectivity index (χ1v) is 4.68. The van der Waals surface area contributed by atoms with E-state index in [1.807, 2.05) is 0 Å². The summed E-state index contributed by atoms with van der Waals surface area (Å²) >= 11 is 0. The summed E-state index contributed by atoms with van der Waals surface area (Å²) in [6, 6.07) is 5.25. The summed E-state index contributed by atoms with van der Waals surface area (Å²) in [6.45, 7) is 4.49. The Hall–Kier alpha value is -1.97. The van der Waals surface area contributed by atoms with E-state index in [0.29, 0.717) is 30.3 Å². The fourth-order valence-corrected chi connectivity index (χ4v) is 1.57. The third kappa shape index (κ3) is 1.66. The molecule has 0 radical (unpaired) electrons. The van der Waals surface area contributed by atoms with Gasteiger partial charge in [-0.3, -0.25) is 4.79 Å². The largest absolute Gasteiger partial charge is 0.490 e. The van der Waals surface area contributed by atoms with Crippen LogP contribution < -0.4 is 15.4 Å². The van der Waals surface area contributed by atoms with Crippen molar-refractivity contribution in [1.82, 2.24) is 0 Å². The molecule has 0 bridgehead atoms. The highest BCUT2D eigenvalue weighted by molar-refractivity contribution is 6.02. The Morgan fingerprint density at radius 1 is 1.60 bits per heavy atom. The third-order valence-electron chi connectivity index (χ3n) is 2.29. The van der Waals surface area contributed by atoms with Gasteiger partial charge < -0.3 is 15.4 Å². The molecule has 1 amide bonds. The van der Waals surface area contributed by atoms with Crippen molar-refractivity contribution >= 4 is 17.3 Å². The number of carbonyl (C=O) groups excluding carboxylic acids is 1. The Labute approximate surface area is 87.9 Å². The standard InChI is InChI=1S/C11H12N2O2/c1-2-11(14)13-5-6-15-10-4-3-8(12)7-9(10)13/h2-4,7H,1,5-6,12H2. The molecule has 78 valence electrons. The highest BCUT2D eigenvalue weighted by Crippen LogP contribution is 2.33. The van der Waals surface area contributed by atoms with Gasteiger partial charge in [-0.15, -0.1) is 0 Å². The minimum Gasteiger partial charge on any atom is -0.490 e. The molecular formula is C11H12N2O2. The van der Waals surface area contributed by atoms with Crippen LogP contribution >= 0.6 is 0 Å². The topological polar surface area (TPSA) is 55.6 Å². The van der Waals surface area contributed by atoms with E-state index in [1.165, 1.54) is 6.08 Å². The van der Waals surface area contributed by atoms with Crippen LogP contribution in [0.15, 0.2) is 30.9 Å². The van der Waals surface area contributed by atoms with E-state index in [9.17, 15) is 4.79 Å². The molecule has 0 fully saturated rings. The molecule has 1 aliphatic heterocycles. The number of benzene rings is 1. The van der Waals surface area contributed by atoms with Crippen LogP contribution in [-0.2, 0) is 4.79 Å². The number of hydrogen-bond donors (Lipinski definition) is 1. The van der Waals surface area contributed by atoms with Crippen LogP contribution in [0.5, 0.6) is 5.75 Å². The molecule has 0 unspecified atom stereocenters. The second kappa shape index (κ2) is 3.65. The monoisotopic (exact) mass is 204 g/mol. The molecule has 1 aromatic carbocycles. The van der Waals surface area contributed by atoms with Crippen molar-refractivity contribution in [3.8, 4) is 5.75 Å². The van der Waals surface area contributed by atoms with Gasteiger partial charge >= 0.3 is 0 Å². The lowest BCUT2D eigenvalue weighted by atomic mass is 10.2. The van der Waals surface area contributed by atoms with Gasteiger partial charge in [0.05, 0.1) is 12.2 Å². The predicted octanol–water partition coefficient (Wildman–Crippen LogP) is 1.18. The summed E-state index contributed by atoms with van der Waals surface area (Å²) in [5.41, 5.74) is 6.99. The van der Waals surface area contributed by atoms with Crippen LogP contribution in [0.4, 0.5) is 11.4 Å².